The number of H-pyrrole nitrogens is 1. The molecule has 1 heterocycles. The van der Waals surface area contributed by atoms with Crippen LogP contribution >= 0.6 is 0 Å². The molecule has 0 atom stereocenters. The molecule has 0 spiro atoms. The van der Waals surface area contributed by atoms with Gasteiger partial charge in [-0.25, -0.2) is 0 Å². The molecule has 2 aromatic rings. The van der Waals surface area contributed by atoms with E-state index in [1.54, 1.807) is 0 Å². The molecule has 0 aliphatic heterocycles. The fraction of sp³-hybridized carbons (Fsp3) is 0.471. The Morgan fingerprint density at radius 2 is 1.95 bits per heavy atom. The van der Waals surface area contributed by atoms with Crippen LogP contribution < -0.4 is 10.9 Å². The second kappa shape index (κ2) is 5.80. The van der Waals surface area contributed by atoms with Crippen LogP contribution in [-0.4, -0.2) is 11.5 Å². The third-order valence-corrected chi connectivity index (χ3v) is 4.29. The van der Waals surface area contributed by atoms with Gasteiger partial charge in [0.15, 0.2) is 0 Å². The second-order valence-electron chi connectivity index (χ2n) is 6.46. The van der Waals surface area contributed by atoms with Crippen LogP contribution in [0.5, 0.6) is 0 Å². The summed E-state index contributed by atoms with van der Waals surface area (Å²) in [5.41, 5.74) is 1.91. The Labute approximate surface area is 120 Å². The lowest BCUT2D eigenvalue weighted by molar-refractivity contribution is 0.238. The largest absolute Gasteiger partial charge is 0.322 e. The Kier molecular flexibility index (Phi) is 4.29. The molecular weight excluding hydrogens is 248 g/mol. The third kappa shape index (κ3) is 3.28. The smallest absolute Gasteiger partial charge is 0.252 e. The summed E-state index contributed by atoms with van der Waals surface area (Å²) in [5, 5.41) is 4.48. The number of rotatable bonds is 5. The summed E-state index contributed by atoms with van der Waals surface area (Å²) in [6.45, 7) is 10.5. The van der Waals surface area contributed by atoms with E-state index in [1.165, 1.54) is 0 Å². The van der Waals surface area contributed by atoms with Crippen LogP contribution in [0.25, 0.3) is 10.9 Å². The molecule has 0 unspecified atom stereocenters. The zero-order chi connectivity index (χ0) is 14.8. The Morgan fingerprint density at radius 1 is 1.25 bits per heavy atom. The van der Waals surface area contributed by atoms with E-state index in [9.17, 15) is 4.79 Å². The van der Waals surface area contributed by atoms with Gasteiger partial charge in [0.25, 0.3) is 5.56 Å². The number of para-hydroxylation sites is 1. The van der Waals surface area contributed by atoms with E-state index < -0.39 is 0 Å². The first-order valence-electron chi connectivity index (χ1n) is 7.22. The van der Waals surface area contributed by atoms with Crippen molar-refractivity contribution in [3.63, 3.8) is 0 Å². The van der Waals surface area contributed by atoms with Crippen LogP contribution in [0.4, 0.5) is 0 Å². The molecule has 0 saturated heterocycles. The van der Waals surface area contributed by atoms with Crippen molar-refractivity contribution in [2.24, 2.45) is 11.3 Å². The van der Waals surface area contributed by atoms with E-state index in [2.05, 4.69) is 38.0 Å². The Hall–Kier alpha value is -1.61. The van der Waals surface area contributed by atoms with Gasteiger partial charge in [0, 0.05) is 24.2 Å². The summed E-state index contributed by atoms with van der Waals surface area (Å²) < 4.78 is 0. The number of hydrogen-bond acceptors (Lipinski definition) is 2. The monoisotopic (exact) mass is 272 g/mol. The molecule has 1 aromatic carbocycles. The number of aromatic amines is 1. The van der Waals surface area contributed by atoms with Crippen LogP contribution in [0, 0.1) is 11.3 Å². The maximum Gasteiger partial charge on any atom is 0.252 e. The highest BCUT2D eigenvalue weighted by Crippen LogP contribution is 2.24. The highest BCUT2D eigenvalue weighted by molar-refractivity contribution is 5.78. The maximum atomic E-state index is 12.0. The summed E-state index contributed by atoms with van der Waals surface area (Å²) >= 11 is 0. The van der Waals surface area contributed by atoms with Gasteiger partial charge in [-0.1, -0.05) is 45.9 Å². The lowest BCUT2D eigenvalue weighted by Crippen LogP contribution is -2.34. The number of pyridine rings is 1. The van der Waals surface area contributed by atoms with E-state index >= 15 is 0 Å². The fourth-order valence-corrected chi connectivity index (χ4v) is 2.05. The van der Waals surface area contributed by atoms with Crippen LogP contribution in [-0.2, 0) is 6.54 Å². The van der Waals surface area contributed by atoms with Gasteiger partial charge in [0.2, 0.25) is 0 Å². The van der Waals surface area contributed by atoms with Crippen LogP contribution in [0.3, 0.4) is 0 Å². The minimum atomic E-state index is -0.00134. The standard InChI is InChI=1S/C17H24N2O/c1-12(2)17(3,4)11-18-10-14-9-13-7-5-6-8-15(13)19-16(14)20/h5-9,12,18H,10-11H2,1-4H3,(H,19,20). The molecule has 0 aliphatic carbocycles. The number of benzene rings is 1. The second-order valence-corrected chi connectivity index (χ2v) is 6.46. The van der Waals surface area contributed by atoms with E-state index in [1.807, 2.05) is 30.3 Å². The summed E-state index contributed by atoms with van der Waals surface area (Å²) in [4.78, 5) is 15.0. The van der Waals surface area contributed by atoms with Crippen molar-refractivity contribution in [1.82, 2.24) is 10.3 Å². The zero-order valence-electron chi connectivity index (χ0n) is 12.8. The molecule has 0 bridgehead atoms. The average molecular weight is 272 g/mol. The minimum absolute atomic E-state index is 0.00134. The Balaban J connectivity index is 2.11. The summed E-state index contributed by atoms with van der Waals surface area (Å²) in [6, 6.07) is 9.84. The molecule has 0 amide bonds. The number of hydrogen-bond donors (Lipinski definition) is 2. The predicted octanol–water partition coefficient (Wildman–Crippen LogP) is 3.30. The maximum absolute atomic E-state index is 12.0. The van der Waals surface area contributed by atoms with Gasteiger partial charge in [-0.2, -0.15) is 0 Å². The van der Waals surface area contributed by atoms with E-state index in [-0.39, 0.29) is 11.0 Å². The lowest BCUT2D eigenvalue weighted by atomic mass is 9.81. The van der Waals surface area contributed by atoms with Gasteiger partial charge in [-0.3, -0.25) is 4.79 Å². The molecule has 0 aliphatic rings. The van der Waals surface area contributed by atoms with E-state index in [0.717, 1.165) is 23.0 Å². The van der Waals surface area contributed by atoms with Gasteiger partial charge < -0.3 is 10.3 Å². The van der Waals surface area contributed by atoms with Gasteiger partial charge >= 0.3 is 0 Å². The first-order valence-corrected chi connectivity index (χ1v) is 7.22. The summed E-state index contributed by atoms with van der Waals surface area (Å²) in [5.74, 6) is 0.602. The number of aromatic nitrogens is 1. The topological polar surface area (TPSA) is 44.9 Å². The molecule has 0 fully saturated rings. The van der Waals surface area contributed by atoms with E-state index in [0.29, 0.717) is 12.5 Å². The van der Waals surface area contributed by atoms with E-state index in [4.69, 9.17) is 0 Å². The molecule has 1 aromatic heterocycles. The van der Waals surface area contributed by atoms with Gasteiger partial charge in [0.1, 0.15) is 0 Å². The molecule has 3 nitrogen and oxygen atoms in total. The predicted molar refractivity (Wildman–Crippen MR) is 84.9 cm³/mol. The highest BCUT2D eigenvalue weighted by Gasteiger charge is 2.21. The van der Waals surface area contributed by atoms with Gasteiger partial charge in [-0.05, 0) is 28.9 Å². The minimum Gasteiger partial charge on any atom is -0.322 e. The molecule has 3 heteroatoms. The van der Waals surface area contributed by atoms with Crippen LogP contribution in [0.2, 0.25) is 0 Å². The first kappa shape index (κ1) is 14.8. The van der Waals surface area contributed by atoms with Crippen molar-refractivity contribution < 1.29 is 0 Å². The van der Waals surface area contributed by atoms with Gasteiger partial charge in [0.05, 0.1) is 0 Å². The molecule has 108 valence electrons. The molecule has 0 radical (unpaired) electrons. The number of fused-ring (bicyclic) bond motifs is 1. The molecular formula is C17H24N2O. The molecule has 0 saturated carbocycles. The highest BCUT2D eigenvalue weighted by atomic mass is 16.1. The van der Waals surface area contributed by atoms with Crippen molar-refractivity contribution in [3.8, 4) is 0 Å². The Morgan fingerprint density at radius 3 is 2.65 bits per heavy atom. The van der Waals surface area contributed by atoms with Crippen molar-refractivity contribution in [2.45, 2.75) is 34.2 Å². The van der Waals surface area contributed by atoms with Crippen molar-refractivity contribution in [3.05, 3.63) is 46.2 Å². The third-order valence-electron chi connectivity index (χ3n) is 4.29. The summed E-state index contributed by atoms with van der Waals surface area (Å²) in [6.07, 6.45) is 0. The van der Waals surface area contributed by atoms with Crippen LogP contribution in [0.15, 0.2) is 35.1 Å². The van der Waals surface area contributed by atoms with Crippen LogP contribution in [0.1, 0.15) is 33.3 Å². The molecule has 20 heavy (non-hydrogen) atoms. The molecule has 2 N–H and O–H groups in total. The summed E-state index contributed by atoms with van der Waals surface area (Å²) in [7, 11) is 0. The Bertz CT molecular complexity index is 641. The SMILES string of the molecule is CC(C)C(C)(C)CNCc1cc2ccccc2[nH]c1=O. The number of nitrogens with one attached hydrogen (secondary N) is 2. The fourth-order valence-electron chi connectivity index (χ4n) is 2.05. The lowest BCUT2D eigenvalue weighted by Gasteiger charge is -2.29. The van der Waals surface area contributed by atoms with Crippen molar-refractivity contribution >= 4 is 10.9 Å². The average Bonchev–Trinajstić information content (AvgIpc) is 2.39. The van der Waals surface area contributed by atoms with Crippen molar-refractivity contribution in [2.75, 3.05) is 6.54 Å². The quantitative estimate of drug-likeness (QED) is 0.877. The molecule has 2 rings (SSSR count). The normalized spacial score (nSPS) is 12.2. The first-order chi connectivity index (χ1) is 9.40. The van der Waals surface area contributed by atoms with Crippen molar-refractivity contribution in [1.29, 1.82) is 0 Å². The van der Waals surface area contributed by atoms with Gasteiger partial charge in [-0.15, -0.1) is 0 Å². The zero-order valence-corrected chi connectivity index (χ0v) is 12.8.